The van der Waals surface area contributed by atoms with Gasteiger partial charge in [-0.2, -0.15) is 4.98 Å². The molecule has 1 aromatic carbocycles. The van der Waals surface area contributed by atoms with Gasteiger partial charge in [0, 0.05) is 18.4 Å². The topological polar surface area (TPSA) is 65.2 Å². The number of methoxy groups -OCH3 is 1. The number of rotatable bonds is 4. The molecule has 24 heavy (non-hydrogen) atoms. The van der Waals surface area contributed by atoms with Crippen molar-refractivity contribution in [2.45, 2.75) is 38.0 Å². The number of carbonyl (C=O) groups is 1. The summed E-state index contributed by atoms with van der Waals surface area (Å²) in [7, 11) is 1.38. The Bertz CT molecular complexity index is 712. The fourth-order valence-electron chi connectivity index (χ4n) is 3.20. The van der Waals surface area contributed by atoms with E-state index < -0.39 is 11.6 Å². The Morgan fingerprint density at radius 3 is 2.75 bits per heavy atom. The van der Waals surface area contributed by atoms with Crippen LogP contribution in [0.5, 0.6) is 0 Å². The second-order valence-corrected chi connectivity index (χ2v) is 6.09. The zero-order chi connectivity index (χ0) is 17.1. The molecule has 0 bridgehead atoms. The third-order valence-electron chi connectivity index (χ3n) is 4.33. The minimum Gasteiger partial charge on any atom is -0.469 e. The van der Waals surface area contributed by atoms with Crippen molar-refractivity contribution in [1.82, 2.24) is 10.1 Å². The zero-order valence-corrected chi connectivity index (χ0v) is 13.3. The number of ether oxygens (including phenoxy) is 1. The Kier molecular flexibility index (Phi) is 4.87. The first kappa shape index (κ1) is 16.5. The quantitative estimate of drug-likeness (QED) is 0.801. The zero-order valence-electron chi connectivity index (χ0n) is 13.3. The van der Waals surface area contributed by atoms with E-state index in [1.807, 2.05) is 0 Å². The molecule has 3 rings (SSSR count). The van der Waals surface area contributed by atoms with Crippen LogP contribution in [-0.4, -0.2) is 23.2 Å². The van der Waals surface area contributed by atoms with Crippen molar-refractivity contribution in [2.24, 2.45) is 5.92 Å². The summed E-state index contributed by atoms with van der Waals surface area (Å²) >= 11 is 0. The summed E-state index contributed by atoms with van der Waals surface area (Å²) in [6.07, 6.45) is 3.35. The molecule has 5 nitrogen and oxygen atoms in total. The summed E-state index contributed by atoms with van der Waals surface area (Å²) in [6, 6.07) is 3.31. The minimum absolute atomic E-state index is 0.00773. The lowest BCUT2D eigenvalue weighted by Gasteiger charge is -2.24. The number of hydrogen-bond acceptors (Lipinski definition) is 5. The predicted molar refractivity (Wildman–Crippen MR) is 80.2 cm³/mol. The highest BCUT2D eigenvalue weighted by Crippen LogP contribution is 2.36. The molecule has 0 saturated heterocycles. The normalized spacial score (nSPS) is 20.8. The second kappa shape index (κ2) is 7.07. The summed E-state index contributed by atoms with van der Waals surface area (Å²) < 4.78 is 36.6. The van der Waals surface area contributed by atoms with Crippen LogP contribution in [-0.2, 0) is 16.0 Å². The Labute approximate surface area is 138 Å². The molecule has 0 aliphatic heterocycles. The highest BCUT2D eigenvalue weighted by Gasteiger charge is 2.31. The molecule has 128 valence electrons. The van der Waals surface area contributed by atoms with Gasteiger partial charge in [-0.05, 0) is 37.0 Å². The lowest BCUT2D eigenvalue weighted by Crippen LogP contribution is -2.23. The number of esters is 1. The summed E-state index contributed by atoms with van der Waals surface area (Å²) in [4.78, 5) is 16.0. The molecule has 1 fully saturated rings. The molecule has 0 N–H and O–H groups in total. The third kappa shape index (κ3) is 3.77. The van der Waals surface area contributed by atoms with Gasteiger partial charge in [0.25, 0.3) is 0 Å². The molecule has 7 heteroatoms. The van der Waals surface area contributed by atoms with Crippen molar-refractivity contribution in [3.63, 3.8) is 0 Å². The standard InChI is InChI=1S/C17H18F2N2O3/c1-23-17(22)12-4-2-3-11(8-12)16-20-15(21-24-16)7-10-5-13(18)9-14(19)6-10/h5-6,9,11-12H,2-4,7-8H2,1H3/t11-,12-/m0/s1. The highest BCUT2D eigenvalue weighted by molar-refractivity contribution is 5.72. The van der Waals surface area contributed by atoms with Crippen LogP contribution in [0.3, 0.4) is 0 Å². The van der Waals surface area contributed by atoms with Gasteiger partial charge < -0.3 is 9.26 Å². The molecular formula is C17H18F2N2O3. The van der Waals surface area contributed by atoms with Crippen LogP contribution in [0.2, 0.25) is 0 Å². The minimum atomic E-state index is -0.637. The maximum absolute atomic E-state index is 13.2. The molecule has 0 unspecified atom stereocenters. The number of carbonyl (C=O) groups excluding carboxylic acids is 1. The number of halogens is 2. The molecule has 1 saturated carbocycles. The van der Waals surface area contributed by atoms with Crippen LogP contribution in [0.25, 0.3) is 0 Å². The van der Waals surface area contributed by atoms with Crippen molar-refractivity contribution >= 4 is 5.97 Å². The average molecular weight is 336 g/mol. The molecule has 0 spiro atoms. The Hall–Kier alpha value is -2.31. The Morgan fingerprint density at radius 1 is 1.29 bits per heavy atom. The number of aromatic nitrogens is 2. The lowest BCUT2D eigenvalue weighted by molar-refractivity contribution is -0.146. The number of hydrogen-bond donors (Lipinski definition) is 0. The highest BCUT2D eigenvalue weighted by atomic mass is 19.1. The third-order valence-corrected chi connectivity index (χ3v) is 4.33. The maximum Gasteiger partial charge on any atom is 0.308 e. The van der Waals surface area contributed by atoms with E-state index in [-0.39, 0.29) is 24.2 Å². The van der Waals surface area contributed by atoms with E-state index in [2.05, 4.69) is 10.1 Å². The van der Waals surface area contributed by atoms with Gasteiger partial charge in [-0.1, -0.05) is 11.6 Å². The van der Waals surface area contributed by atoms with E-state index in [1.165, 1.54) is 19.2 Å². The van der Waals surface area contributed by atoms with Gasteiger partial charge in [0.05, 0.1) is 13.0 Å². The maximum atomic E-state index is 13.2. The van der Waals surface area contributed by atoms with Crippen LogP contribution in [0.15, 0.2) is 22.7 Å². The largest absolute Gasteiger partial charge is 0.469 e. The van der Waals surface area contributed by atoms with E-state index in [1.54, 1.807) is 0 Å². The van der Waals surface area contributed by atoms with Gasteiger partial charge in [0.15, 0.2) is 5.82 Å². The average Bonchev–Trinajstić information content (AvgIpc) is 3.01. The molecule has 0 amide bonds. The molecule has 2 atom stereocenters. The first-order chi connectivity index (χ1) is 11.5. The summed E-state index contributed by atoms with van der Waals surface area (Å²) in [5.41, 5.74) is 0.441. The molecule has 0 radical (unpaired) electrons. The van der Waals surface area contributed by atoms with Gasteiger partial charge in [0.1, 0.15) is 11.6 Å². The molecule has 1 heterocycles. The molecule has 1 aliphatic carbocycles. The van der Waals surface area contributed by atoms with Gasteiger partial charge in [-0.3, -0.25) is 4.79 Å². The van der Waals surface area contributed by atoms with Crippen LogP contribution in [0.1, 0.15) is 48.9 Å². The molecule has 2 aromatic rings. The first-order valence-electron chi connectivity index (χ1n) is 7.90. The second-order valence-electron chi connectivity index (χ2n) is 6.09. The fourth-order valence-corrected chi connectivity index (χ4v) is 3.20. The van der Waals surface area contributed by atoms with Crippen molar-refractivity contribution in [3.8, 4) is 0 Å². The van der Waals surface area contributed by atoms with E-state index in [4.69, 9.17) is 9.26 Å². The van der Waals surface area contributed by atoms with Crippen LogP contribution in [0.4, 0.5) is 8.78 Å². The Balaban J connectivity index is 1.69. The SMILES string of the molecule is COC(=O)[C@H]1CCC[C@H](c2nc(Cc3cc(F)cc(F)c3)no2)C1. The molecular weight excluding hydrogens is 318 g/mol. The smallest absolute Gasteiger partial charge is 0.308 e. The van der Waals surface area contributed by atoms with Crippen LogP contribution >= 0.6 is 0 Å². The van der Waals surface area contributed by atoms with Crippen molar-refractivity contribution in [3.05, 3.63) is 47.1 Å². The molecule has 1 aromatic heterocycles. The summed E-state index contributed by atoms with van der Waals surface area (Å²) in [5, 5.41) is 3.89. The Morgan fingerprint density at radius 2 is 2.04 bits per heavy atom. The van der Waals surface area contributed by atoms with E-state index >= 15 is 0 Å². The van der Waals surface area contributed by atoms with Crippen molar-refractivity contribution in [1.29, 1.82) is 0 Å². The summed E-state index contributed by atoms with van der Waals surface area (Å²) in [5.74, 6) is -0.793. The van der Waals surface area contributed by atoms with Crippen LogP contribution < -0.4 is 0 Å². The van der Waals surface area contributed by atoms with E-state index in [9.17, 15) is 13.6 Å². The van der Waals surface area contributed by atoms with Gasteiger partial charge in [-0.15, -0.1) is 0 Å². The van der Waals surface area contributed by atoms with Crippen LogP contribution in [0, 0.1) is 17.6 Å². The van der Waals surface area contributed by atoms with E-state index in [0.717, 1.165) is 25.3 Å². The number of nitrogens with zero attached hydrogens (tertiary/aromatic N) is 2. The first-order valence-corrected chi connectivity index (χ1v) is 7.90. The molecule has 1 aliphatic rings. The van der Waals surface area contributed by atoms with Crippen molar-refractivity contribution < 1.29 is 22.8 Å². The van der Waals surface area contributed by atoms with Gasteiger partial charge in [0.2, 0.25) is 5.89 Å². The predicted octanol–water partition coefficient (Wildman–Crippen LogP) is 3.39. The lowest BCUT2D eigenvalue weighted by atomic mass is 9.81. The fraction of sp³-hybridized carbons (Fsp3) is 0.471. The van der Waals surface area contributed by atoms with Crippen molar-refractivity contribution in [2.75, 3.05) is 7.11 Å². The van der Waals surface area contributed by atoms with E-state index in [0.29, 0.717) is 23.7 Å². The monoisotopic (exact) mass is 336 g/mol. The van der Waals surface area contributed by atoms with Gasteiger partial charge in [-0.25, -0.2) is 8.78 Å². The number of benzene rings is 1. The summed E-state index contributed by atoms with van der Waals surface area (Å²) in [6.45, 7) is 0. The van der Waals surface area contributed by atoms with Gasteiger partial charge >= 0.3 is 5.97 Å².